The van der Waals surface area contributed by atoms with Crippen molar-refractivity contribution >= 4 is 33.8 Å². The van der Waals surface area contributed by atoms with Crippen LogP contribution in [-0.2, 0) is 6.42 Å². The summed E-state index contributed by atoms with van der Waals surface area (Å²) in [5, 5.41) is 2.85. The number of carbonyl (C=O) groups is 1. The Balaban J connectivity index is 1.46. The summed E-state index contributed by atoms with van der Waals surface area (Å²) in [5.41, 5.74) is 11.5. The molecule has 28 heavy (non-hydrogen) atoms. The second-order valence-electron chi connectivity index (χ2n) is 6.61. The van der Waals surface area contributed by atoms with Gasteiger partial charge in [-0.1, -0.05) is 54.6 Å². The number of para-hydroxylation sites is 1. The minimum atomic E-state index is -0.179. The van der Waals surface area contributed by atoms with Crippen molar-refractivity contribution in [3.05, 3.63) is 94.9 Å². The molecule has 1 amide bonds. The molecule has 0 atom stereocenters. The maximum atomic E-state index is 13.0. The summed E-state index contributed by atoms with van der Waals surface area (Å²) in [6, 6.07) is 21.8. The number of allylic oxidation sites excluding steroid dienone is 1. The fourth-order valence-electron chi connectivity index (χ4n) is 3.51. The fraction of sp³-hybridized carbons (Fsp3) is 0.0435. The van der Waals surface area contributed by atoms with E-state index in [9.17, 15) is 4.79 Å². The molecule has 1 aliphatic rings. The number of hydrogen-bond acceptors (Lipinski definition) is 4. The SMILES string of the molecule is O=C(NNC1=CCc2ccccc21)c1cc(-c2cccs2)nc2ccccc12. The average Bonchev–Trinajstić information content (AvgIpc) is 3.41. The first-order valence-corrected chi connectivity index (χ1v) is 9.96. The van der Waals surface area contributed by atoms with Crippen LogP contribution in [0.15, 0.2) is 78.2 Å². The number of aromatic nitrogens is 1. The summed E-state index contributed by atoms with van der Waals surface area (Å²) >= 11 is 1.61. The minimum Gasteiger partial charge on any atom is -0.298 e. The van der Waals surface area contributed by atoms with Crippen LogP contribution in [0.3, 0.4) is 0 Å². The molecule has 4 aromatic rings. The molecule has 2 aromatic heterocycles. The summed E-state index contributed by atoms with van der Waals surface area (Å²) in [6.07, 6.45) is 2.96. The van der Waals surface area contributed by atoms with Crippen LogP contribution in [0.2, 0.25) is 0 Å². The summed E-state index contributed by atoms with van der Waals surface area (Å²) < 4.78 is 0. The summed E-state index contributed by atoms with van der Waals surface area (Å²) in [4.78, 5) is 18.8. The normalized spacial score (nSPS) is 12.5. The van der Waals surface area contributed by atoms with Gasteiger partial charge in [-0.2, -0.15) is 0 Å². The molecule has 0 fully saturated rings. The number of thiophene rings is 1. The highest BCUT2D eigenvalue weighted by molar-refractivity contribution is 7.13. The second kappa shape index (κ2) is 6.94. The fourth-order valence-corrected chi connectivity index (χ4v) is 4.19. The largest absolute Gasteiger partial charge is 0.298 e. The number of fused-ring (bicyclic) bond motifs is 2. The summed E-state index contributed by atoms with van der Waals surface area (Å²) in [5.74, 6) is -0.179. The Bertz CT molecular complexity index is 1210. The third-order valence-corrected chi connectivity index (χ3v) is 5.77. The molecule has 136 valence electrons. The number of nitrogens with zero attached hydrogens (tertiary/aromatic N) is 1. The molecule has 1 aliphatic carbocycles. The molecule has 2 N–H and O–H groups in total. The van der Waals surface area contributed by atoms with Crippen molar-refractivity contribution in [3.8, 4) is 10.6 Å². The van der Waals surface area contributed by atoms with Gasteiger partial charge in [-0.05, 0) is 35.6 Å². The summed E-state index contributed by atoms with van der Waals surface area (Å²) in [6.45, 7) is 0. The first-order valence-electron chi connectivity index (χ1n) is 9.08. The second-order valence-corrected chi connectivity index (χ2v) is 7.56. The van der Waals surface area contributed by atoms with Gasteiger partial charge in [0.1, 0.15) is 0 Å². The predicted molar refractivity (Wildman–Crippen MR) is 114 cm³/mol. The number of hydrogen-bond donors (Lipinski definition) is 2. The van der Waals surface area contributed by atoms with Gasteiger partial charge in [0.05, 0.1) is 27.3 Å². The highest BCUT2D eigenvalue weighted by Gasteiger charge is 2.17. The molecule has 2 heterocycles. The number of amides is 1. The van der Waals surface area contributed by atoms with Crippen LogP contribution in [0, 0.1) is 0 Å². The van der Waals surface area contributed by atoms with Crippen LogP contribution in [0.4, 0.5) is 0 Å². The van der Waals surface area contributed by atoms with E-state index in [1.165, 1.54) is 5.56 Å². The van der Waals surface area contributed by atoms with Crippen molar-refractivity contribution in [2.45, 2.75) is 6.42 Å². The van der Waals surface area contributed by atoms with Crippen molar-refractivity contribution in [2.75, 3.05) is 0 Å². The van der Waals surface area contributed by atoms with Crippen molar-refractivity contribution in [3.63, 3.8) is 0 Å². The molecule has 0 radical (unpaired) electrons. The molecule has 5 rings (SSSR count). The first kappa shape index (κ1) is 16.7. The quantitative estimate of drug-likeness (QED) is 0.498. The zero-order chi connectivity index (χ0) is 18.9. The highest BCUT2D eigenvalue weighted by atomic mass is 32.1. The minimum absolute atomic E-state index is 0.179. The topological polar surface area (TPSA) is 54.0 Å². The summed E-state index contributed by atoms with van der Waals surface area (Å²) in [7, 11) is 0. The highest BCUT2D eigenvalue weighted by Crippen LogP contribution is 2.28. The molecule has 4 nitrogen and oxygen atoms in total. The Labute approximate surface area is 166 Å². The lowest BCUT2D eigenvalue weighted by molar-refractivity contribution is 0.0944. The van der Waals surface area contributed by atoms with Crippen molar-refractivity contribution in [1.82, 2.24) is 15.8 Å². The molecule has 2 aromatic carbocycles. The third-order valence-electron chi connectivity index (χ3n) is 4.88. The van der Waals surface area contributed by atoms with E-state index < -0.39 is 0 Å². The van der Waals surface area contributed by atoms with Gasteiger partial charge in [0.25, 0.3) is 5.91 Å². The van der Waals surface area contributed by atoms with E-state index >= 15 is 0 Å². The molecule has 0 bridgehead atoms. The third kappa shape index (κ3) is 2.96. The van der Waals surface area contributed by atoms with Crippen LogP contribution < -0.4 is 10.9 Å². The Morgan fingerprint density at radius 2 is 1.86 bits per heavy atom. The van der Waals surface area contributed by atoms with E-state index in [0.29, 0.717) is 5.56 Å². The zero-order valence-corrected chi connectivity index (χ0v) is 15.8. The lowest BCUT2D eigenvalue weighted by Crippen LogP contribution is -2.36. The molecule has 0 saturated heterocycles. The van der Waals surface area contributed by atoms with Gasteiger partial charge in [0.15, 0.2) is 0 Å². The van der Waals surface area contributed by atoms with E-state index in [1.807, 2.05) is 60.0 Å². The Hall–Kier alpha value is -3.44. The lowest BCUT2D eigenvalue weighted by atomic mass is 10.1. The molecule has 0 unspecified atom stereocenters. The van der Waals surface area contributed by atoms with Crippen molar-refractivity contribution in [1.29, 1.82) is 0 Å². The number of nitrogens with one attached hydrogen (secondary N) is 2. The maximum absolute atomic E-state index is 13.0. The average molecular weight is 383 g/mol. The van der Waals surface area contributed by atoms with Gasteiger partial charge < -0.3 is 0 Å². The van der Waals surface area contributed by atoms with Gasteiger partial charge in [-0.25, -0.2) is 4.98 Å². The molecule has 0 spiro atoms. The van der Waals surface area contributed by atoms with Crippen LogP contribution in [0.1, 0.15) is 21.5 Å². The smallest absolute Gasteiger partial charge is 0.270 e. The number of hydrazine groups is 1. The molecular weight excluding hydrogens is 366 g/mol. The molecule has 0 aliphatic heterocycles. The van der Waals surface area contributed by atoms with Gasteiger partial charge in [-0.3, -0.25) is 15.6 Å². The first-order chi connectivity index (χ1) is 13.8. The van der Waals surface area contributed by atoms with E-state index in [0.717, 1.165) is 39.2 Å². The maximum Gasteiger partial charge on any atom is 0.270 e. The van der Waals surface area contributed by atoms with Crippen molar-refractivity contribution in [2.24, 2.45) is 0 Å². The number of pyridine rings is 1. The lowest BCUT2D eigenvalue weighted by Gasteiger charge is -2.13. The van der Waals surface area contributed by atoms with Gasteiger partial charge in [-0.15, -0.1) is 11.3 Å². The van der Waals surface area contributed by atoms with Gasteiger partial charge in [0.2, 0.25) is 0 Å². The molecule has 0 saturated carbocycles. The zero-order valence-electron chi connectivity index (χ0n) is 15.0. The number of carbonyl (C=O) groups excluding carboxylic acids is 1. The van der Waals surface area contributed by atoms with Crippen LogP contribution >= 0.6 is 11.3 Å². The van der Waals surface area contributed by atoms with Crippen LogP contribution in [0.5, 0.6) is 0 Å². The number of benzene rings is 2. The Kier molecular flexibility index (Phi) is 4.14. The molecule has 5 heteroatoms. The van der Waals surface area contributed by atoms with E-state index in [2.05, 4.69) is 29.1 Å². The van der Waals surface area contributed by atoms with Crippen LogP contribution in [-0.4, -0.2) is 10.9 Å². The molecular formula is C23H17N3OS. The standard InChI is InChI=1S/C23H17N3OS/c27-23(26-25-20-12-11-15-6-1-2-7-16(15)20)18-14-21(22-10-5-13-28-22)24-19-9-4-3-8-17(18)19/h1-10,12-14,25H,11H2,(H,26,27). The van der Waals surface area contributed by atoms with E-state index in [-0.39, 0.29) is 5.91 Å². The Morgan fingerprint density at radius 1 is 1.00 bits per heavy atom. The van der Waals surface area contributed by atoms with Gasteiger partial charge >= 0.3 is 0 Å². The Morgan fingerprint density at radius 3 is 2.75 bits per heavy atom. The number of rotatable bonds is 4. The van der Waals surface area contributed by atoms with E-state index in [1.54, 1.807) is 11.3 Å². The monoisotopic (exact) mass is 383 g/mol. The van der Waals surface area contributed by atoms with Crippen LogP contribution in [0.25, 0.3) is 27.2 Å². The van der Waals surface area contributed by atoms with Gasteiger partial charge in [0, 0.05) is 10.9 Å². The predicted octanol–water partition coefficient (Wildman–Crippen LogP) is 4.79. The van der Waals surface area contributed by atoms with E-state index in [4.69, 9.17) is 4.98 Å². The van der Waals surface area contributed by atoms with Crippen molar-refractivity contribution < 1.29 is 4.79 Å².